The highest BCUT2D eigenvalue weighted by Crippen LogP contribution is 2.49. The fourth-order valence-corrected chi connectivity index (χ4v) is 6.26. The number of phenolic OH excluding ortho intramolecular Hbond substituents is 1. The summed E-state index contributed by atoms with van der Waals surface area (Å²) in [5.74, 6) is 0.295. The molecule has 0 aliphatic rings. The Morgan fingerprint density at radius 3 is 2.14 bits per heavy atom. The minimum atomic E-state index is 0.295. The predicted molar refractivity (Wildman–Crippen MR) is 126 cm³/mol. The lowest BCUT2D eigenvalue weighted by Gasteiger charge is -2.15. The van der Waals surface area contributed by atoms with E-state index in [1.54, 1.807) is 12.1 Å². The van der Waals surface area contributed by atoms with E-state index in [4.69, 9.17) is 0 Å². The Morgan fingerprint density at radius 1 is 0.759 bits per heavy atom. The van der Waals surface area contributed by atoms with Crippen LogP contribution in [-0.4, -0.2) is 5.11 Å². The molecule has 1 aromatic heterocycles. The van der Waals surface area contributed by atoms with E-state index >= 15 is 0 Å². The first-order valence-electron chi connectivity index (χ1n) is 9.60. The second kappa shape index (κ2) is 7.25. The Kier molecular flexibility index (Phi) is 4.57. The van der Waals surface area contributed by atoms with Gasteiger partial charge in [-0.2, -0.15) is 0 Å². The zero-order valence-corrected chi connectivity index (χ0v) is 17.9. The van der Waals surface area contributed by atoms with Crippen LogP contribution in [0.5, 0.6) is 5.75 Å². The molecule has 5 aromatic rings. The van der Waals surface area contributed by atoms with Gasteiger partial charge in [-0.25, -0.2) is 0 Å². The summed E-state index contributed by atoms with van der Waals surface area (Å²) >= 11 is 3.73. The monoisotopic (exact) mass is 412 g/mol. The van der Waals surface area contributed by atoms with Crippen molar-refractivity contribution in [3.05, 3.63) is 89.3 Å². The highest BCUT2D eigenvalue weighted by atomic mass is 32.2. The molecule has 29 heavy (non-hydrogen) atoms. The minimum Gasteiger partial charge on any atom is -0.508 e. The first kappa shape index (κ1) is 18.3. The summed E-state index contributed by atoms with van der Waals surface area (Å²) in [7, 11) is 0. The van der Waals surface area contributed by atoms with Gasteiger partial charge >= 0.3 is 0 Å². The lowest BCUT2D eigenvalue weighted by Crippen LogP contribution is -1.88. The number of rotatable bonds is 3. The van der Waals surface area contributed by atoms with E-state index in [1.165, 1.54) is 46.7 Å². The van der Waals surface area contributed by atoms with Crippen LogP contribution in [0.15, 0.2) is 88.7 Å². The smallest absolute Gasteiger partial charge is 0.115 e. The van der Waals surface area contributed by atoms with Crippen LogP contribution >= 0.6 is 23.1 Å². The van der Waals surface area contributed by atoms with Gasteiger partial charge in [-0.15, -0.1) is 11.3 Å². The Morgan fingerprint density at radius 2 is 1.41 bits per heavy atom. The maximum atomic E-state index is 9.80. The van der Waals surface area contributed by atoms with Crippen LogP contribution in [0.1, 0.15) is 10.4 Å². The third-order valence-corrected chi connectivity index (χ3v) is 7.89. The van der Waals surface area contributed by atoms with Crippen molar-refractivity contribution in [3.8, 4) is 16.9 Å². The molecule has 0 fully saturated rings. The Labute approximate surface area is 178 Å². The van der Waals surface area contributed by atoms with Gasteiger partial charge in [0.1, 0.15) is 5.75 Å². The van der Waals surface area contributed by atoms with Crippen LogP contribution in [0.3, 0.4) is 0 Å². The third-order valence-electron chi connectivity index (χ3n) is 5.40. The van der Waals surface area contributed by atoms with Gasteiger partial charge in [0, 0.05) is 20.1 Å². The quantitative estimate of drug-likeness (QED) is 0.322. The Balaban J connectivity index is 1.91. The molecular formula is C26H20OS2. The molecule has 0 unspecified atom stereocenters. The summed E-state index contributed by atoms with van der Waals surface area (Å²) in [5.41, 5.74) is 3.74. The number of fused-ring (bicyclic) bond motifs is 2. The van der Waals surface area contributed by atoms with Gasteiger partial charge in [-0.3, -0.25) is 0 Å². The first-order valence-corrected chi connectivity index (χ1v) is 11.2. The molecule has 0 atom stereocenters. The molecule has 0 radical (unpaired) electrons. The Bertz CT molecular complexity index is 1330. The number of hydrogen-bond donors (Lipinski definition) is 1. The van der Waals surface area contributed by atoms with E-state index in [2.05, 4.69) is 68.4 Å². The fraction of sp³-hybridized carbons (Fsp3) is 0.0769. The molecular weight excluding hydrogens is 392 g/mol. The second-order valence-electron chi connectivity index (χ2n) is 7.20. The Hall–Kier alpha value is -2.75. The SMILES string of the molecule is Cc1sc2c(Sc3ccccc3)c3ccccc3c(-c3ccc(O)cc3)c2c1C. The molecule has 1 N–H and O–H groups in total. The van der Waals surface area contributed by atoms with Crippen molar-refractivity contribution in [2.24, 2.45) is 0 Å². The molecule has 1 heterocycles. The maximum absolute atomic E-state index is 9.80. The average molecular weight is 413 g/mol. The number of aromatic hydroxyl groups is 1. The first-order chi connectivity index (χ1) is 14.1. The molecule has 0 saturated heterocycles. The molecule has 0 saturated carbocycles. The topological polar surface area (TPSA) is 20.2 Å². The van der Waals surface area contributed by atoms with Gasteiger partial charge in [0.2, 0.25) is 0 Å². The number of aryl methyl sites for hydroxylation is 2. The standard InChI is InChI=1S/C26H20OS2/c1-16-17(2)28-26-23(16)24(18-12-14-19(27)15-13-18)21-10-6-7-11-22(21)25(26)29-20-8-4-3-5-9-20/h3-15,27H,1-2H3. The molecule has 0 bridgehead atoms. The van der Waals surface area contributed by atoms with Gasteiger partial charge in [0.05, 0.1) is 4.70 Å². The van der Waals surface area contributed by atoms with Crippen molar-refractivity contribution in [1.82, 2.24) is 0 Å². The van der Waals surface area contributed by atoms with Crippen molar-refractivity contribution < 1.29 is 5.11 Å². The summed E-state index contributed by atoms with van der Waals surface area (Å²) in [6.45, 7) is 4.44. The number of phenols is 1. The number of benzene rings is 4. The molecule has 1 nitrogen and oxygen atoms in total. The molecule has 3 heteroatoms. The highest BCUT2D eigenvalue weighted by molar-refractivity contribution is 8.00. The lowest BCUT2D eigenvalue weighted by molar-refractivity contribution is 0.475. The van der Waals surface area contributed by atoms with Gasteiger partial charge in [0.25, 0.3) is 0 Å². The summed E-state index contributed by atoms with van der Waals surface area (Å²) < 4.78 is 1.34. The lowest BCUT2D eigenvalue weighted by atomic mass is 9.93. The van der Waals surface area contributed by atoms with Gasteiger partial charge in [-0.1, -0.05) is 66.4 Å². The molecule has 0 amide bonds. The van der Waals surface area contributed by atoms with Crippen LogP contribution in [0.25, 0.3) is 32.0 Å². The van der Waals surface area contributed by atoms with Crippen molar-refractivity contribution >= 4 is 44.0 Å². The van der Waals surface area contributed by atoms with E-state index in [0.29, 0.717) is 5.75 Å². The zero-order chi connectivity index (χ0) is 20.0. The number of thiophene rings is 1. The van der Waals surface area contributed by atoms with E-state index < -0.39 is 0 Å². The third kappa shape index (κ3) is 3.11. The number of hydrogen-bond acceptors (Lipinski definition) is 3. The van der Waals surface area contributed by atoms with E-state index in [1.807, 2.05) is 35.2 Å². The van der Waals surface area contributed by atoms with Crippen LogP contribution in [0.2, 0.25) is 0 Å². The largest absolute Gasteiger partial charge is 0.508 e. The summed E-state index contributed by atoms with van der Waals surface area (Å²) in [6.07, 6.45) is 0. The second-order valence-corrected chi connectivity index (χ2v) is 9.51. The molecule has 0 aliphatic carbocycles. The van der Waals surface area contributed by atoms with E-state index in [9.17, 15) is 5.11 Å². The van der Waals surface area contributed by atoms with Crippen LogP contribution in [-0.2, 0) is 0 Å². The molecule has 0 aliphatic heterocycles. The molecule has 142 valence electrons. The maximum Gasteiger partial charge on any atom is 0.115 e. The molecule has 5 rings (SSSR count). The van der Waals surface area contributed by atoms with Gasteiger partial charge in [0.15, 0.2) is 0 Å². The van der Waals surface area contributed by atoms with Crippen molar-refractivity contribution in [3.63, 3.8) is 0 Å². The van der Waals surface area contributed by atoms with Crippen molar-refractivity contribution in [2.45, 2.75) is 23.6 Å². The van der Waals surface area contributed by atoms with Crippen LogP contribution in [0, 0.1) is 13.8 Å². The zero-order valence-electron chi connectivity index (χ0n) is 16.3. The predicted octanol–water partition coefficient (Wildman–Crippen LogP) is 8.20. The molecule has 0 spiro atoms. The summed E-state index contributed by atoms with van der Waals surface area (Å²) in [5, 5.41) is 13.7. The van der Waals surface area contributed by atoms with E-state index in [0.717, 1.165) is 5.56 Å². The van der Waals surface area contributed by atoms with E-state index in [-0.39, 0.29) is 0 Å². The summed E-state index contributed by atoms with van der Waals surface area (Å²) in [4.78, 5) is 3.93. The summed E-state index contributed by atoms with van der Waals surface area (Å²) in [6, 6.07) is 26.9. The van der Waals surface area contributed by atoms with Crippen molar-refractivity contribution in [2.75, 3.05) is 0 Å². The van der Waals surface area contributed by atoms with Crippen LogP contribution in [0.4, 0.5) is 0 Å². The van der Waals surface area contributed by atoms with Crippen LogP contribution < -0.4 is 0 Å². The molecule has 4 aromatic carbocycles. The highest BCUT2D eigenvalue weighted by Gasteiger charge is 2.20. The van der Waals surface area contributed by atoms with Gasteiger partial charge in [-0.05, 0) is 65.6 Å². The van der Waals surface area contributed by atoms with Crippen molar-refractivity contribution in [1.29, 1.82) is 0 Å². The fourth-order valence-electron chi connectivity index (χ4n) is 3.88. The average Bonchev–Trinajstić information content (AvgIpc) is 3.04. The minimum absolute atomic E-state index is 0.295. The van der Waals surface area contributed by atoms with Gasteiger partial charge < -0.3 is 5.11 Å². The normalized spacial score (nSPS) is 11.4.